The van der Waals surface area contributed by atoms with Gasteiger partial charge in [-0.2, -0.15) is 0 Å². The minimum atomic E-state index is -0.154. The third kappa shape index (κ3) is 6.47. The largest absolute Gasteiger partial charge is 0.396 e. The summed E-state index contributed by atoms with van der Waals surface area (Å²) in [7, 11) is 1.77. The van der Waals surface area contributed by atoms with E-state index in [0.29, 0.717) is 6.54 Å². The van der Waals surface area contributed by atoms with Crippen molar-refractivity contribution in [2.45, 2.75) is 39.7 Å². The molecule has 0 spiro atoms. The van der Waals surface area contributed by atoms with Crippen molar-refractivity contribution in [3.05, 3.63) is 0 Å². The molecule has 0 rings (SSSR count). The van der Waals surface area contributed by atoms with Crippen molar-refractivity contribution in [3.8, 4) is 0 Å². The first kappa shape index (κ1) is 14.4. The van der Waals surface area contributed by atoms with Gasteiger partial charge in [0.2, 0.25) is 5.91 Å². The van der Waals surface area contributed by atoms with E-state index in [1.54, 1.807) is 7.05 Å². The van der Waals surface area contributed by atoms with Gasteiger partial charge in [0.1, 0.15) is 0 Å². The van der Waals surface area contributed by atoms with Crippen molar-refractivity contribution >= 4 is 5.91 Å². The van der Waals surface area contributed by atoms with Crippen molar-refractivity contribution in [2.24, 2.45) is 5.41 Å². The van der Waals surface area contributed by atoms with Gasteiger partial charge in [0.25, 0.3) is 0 Å². The normalized spacial score (nSPS) is 13.7. The van der Waals surface area contributed by atoms with Crippen LogP contribution >= 0.6 is 0 Å². The summed E-state index contributed by atoms with van der Waals surface area (Å²) >= 11 is 0. The molecule has 0 aliphatic rings. The summed E-state index contributed by atoms with van der Waals surface area (Å²) in [6.07, 6.45) is 1.70. The molecule has 0 saturated carbocycles. The molecule has 0 bridgehead atoms. The smallest absolute Gasteiger partial charge is 0.236 e. The molecule has 4 heteroatoms. The Labute approximate surface area is 92.4 Å². The molecule has 0 aliphatic heterocycles. The van der Waals surface area contributed by atoms with Gasteiger partial charge in [0.05, 0.1) is 6.04 Å². The fraction of sp³-hybridized carbons (Fsp3) is 0.909. The van der Waals surface area contributed by atoms with Gasteiger partial charge in [-0.25, -0.2) is 0 Å². The highest BCUT2D eigenvalue weighted by Crippen LogP contribution is 2.20. The van der Waals surface area contributed by atoms with Crippen LogP contribution in [0.15, 0.2) is 0 Å². The molecule has 1 amide bonds. The second-order valence-corrected chi connectivity index (χ2v) is 4.72. The Hall–Kier alpha value is -0.610. The first-order valence-electron chi connectivity index (χ1n) is 5.49. The highest BCUT2D eigenvalue weighted by molar-refractivity contribution is 5.81. The maximum atomic E-state index is 11.5. The lowest BCUT2D eigenvalue weighted by Gasteiger charge is -2.25. The van der Waals surface area contributed by atoms with Gasteiger partial charge in [-0.15, -0.1) is 0 Å². The van der Waals surface area contributed by atoms with Crippen LogP contribution in [-0.2, 0) is 4.79 Å². The van der Waals surface area contributed by atoms with E-state index < -0.39 is 0 Å². The molecule has 0 fully saturated rings. The van der Waals surface area contributed by atoms with Crippen molar-refractivity contribution in [3.63, 3.8) is 0 Å². The third-order valence-electron chi connectivity index (χ3n) is 2.58. The van der Waals surface area contributed by atoms with E-state index in [-0.39, 0.29) is 24.0 Å². The van der Waals surface area contributed by atoms with Crippen LogP contribution < -0.4 is 10.6 Å². The lowest BCUT2D eigenvalue weighted by molar-refractivity contribution is -0.123. The second-order valence-electron chi connectivity index (χ2n) is 4.72. The zero-order valence-electron chi connectivity index (χ0n) is 10.3. The summed E-state index contributed by atoms with van der Waals surface area (Å²) in [6, 6.07) is -0.154. The van der Waals surface area contributed by atoms with Gasteiger partial charge in [-0.3, -0.25) is 4.79 Å². The molecule has 15 heavy (non-hydrogen) atoms. The molecule has 0 aliphatic carbocycles. The molecule has 0 radical (unpaired) electrons. The average molecular weight is 216 g/mol. The van der Waals surface area contributed by atoms with Crippen molar-refractivity contribution in [1.29, 1.82) is 0 Å². The molecule has 0 aromatic heterocycles. The van der Waals surface area contributed by atoms with Crippen LogP contribution in [0.1, 0.15) is 33.6 Å². The predicted octanol–water partition coefficient (Wildman–Crippen LogP) is 0.509. The van der Waals surface area contributed by atoms with Gasteiger partial charge in [-0.05, 0) is 32.2 Å². The number of carbonyl (C=O) groups is 1. The number of carbonyl (C=O) groups excluding carboxylic acids is 1. The Morgan fingerprint density at radius 2 is 2.07 bits per heavy atom. The van der Waals surface area contributed by atoms with E-state index in [2.05, 4.69) is 24.5 Å². The molecule has 0 heterocycles. The third-order valence-corrected chi connectivity index (χ3v) is 2.58. The van der Waals surface area contributed by atoms with Gasteiger partial charge < -0.3 is 15.7 Å². The molecule has 0 saturated heterocycles. The van der Waals surface area contributed by atoms with Crippen LogP contribution in [0, 0.1) is 5.41 Å². The van der Waals surface area contributed by atoms with Crippen LogP contribution in [0.2, 0.25) is 0 Å². The SMILES string of the molecule is CNC(C)C(=O)NCC(C)(C)CCCO. The maximum absolute atomic E-state index is 11.5. The predicted molar refractivity (Wildman–Crippen MR) is 61.6 cm³/mol. The van der Waals surface area contributed by atoms with E-state index in [1.807, 2.05) is 6.92 Å². The maximum Gasteiger partial charge on any atom is 0.236 e. The van der Waals surface area contributed by atoms with E-state index in [1.165, 1.54) is 0 Å². The van der Waals surface area contributed by atoms with Crippen molar-refractivity contribution in [2.75, 3.05) is 20.2 Å². The summed E-state index contributed by atoms with van der Waals surface area (Å²) in [5.41, 5.74) is 0.0475. The Morgan fingerprint density at radius 1 is 1.47 bits per heavy atom. The first-order chi connectivity index (χ1) is 6.93. The Balaban J connectivity index is 3.86. The topological polar surface area (TPSA) is 61.4 Å². The fourth-order valence-corrected chi connectivity index (χ4v) is 1.26. The number of rotatable bonds is 7. The summed E-state index contributed by atoms with van der Waals surface area (Å²) in [6.45, 7) is 6.87. The quantitative estimate of drug-likeness (QED) is 0.581. The van der Waals surface area contributed by atoms with Crippen LogP contribution in [0.3, 0.4) is 0 Å². The Bertz CT molecular complexity index is 193. The number of likely N-dealkylation sites (N-methyl/N-ethyl adjacent to an activating group) is 1. The minimum Gasteiger partial charge on any atom is -0.396 e. The van der Waals surface area contributed by atoms with E-state index in [0.717, 1.165) is 12.8 Å². The van der Waals surface area contributed by atoms with Gasteiger partial charge in [-0.1, -0.05) is 13.8 Å². The molecule has 1 atom stereocenters. The standard InChI is InChI=1S/C11H24N2O2/c1-9(12-4)10(15)13-8-11(2,3)6-5-7-14/h9,12,14H,5-8H2,1-4H3,(H,13,15). The first-order valence-corrected chi connectivity index (χ1v) is 5.49. The summed E-state index contributed by atoms with van der Waals surface area (Å²) in [4.78, 5) is 11.5. The molecule has 90 valence electrons. The zero-order chi connectivity index (χ0) is 11.9. The monoisotopic (exact) mass is 216 g/mol. The molecule has 3 N–H and O–H groups in total. The minimum absolute atomic E-state index is 0.0228. The second kappa shape index (κ2) is 6.80. The number of amides is 1. The van der Waals surface area contributed by atoms with Gasteiger partial charge in [0, 0.05) is 13.2 Å². The molecule has 0 aromatic carbocycles. The molecule has 4 nitrogen and oxygen atoms in total. The molecule has 1 unspecified atom stereocenters. The molecule has 0 aromatic rings. The number of aliphatic hydroxyl groups is 1. The van der Waals surface area contributed by atoms with Crippen LogP contribution in [0.4, 0.5) is 0 Å². The lowest BCUT2D eigenvalue weighted by atomic mass is 9.88. The van der Waals surface area contributed by atoms with Crippen LogP contribution in [0.25, 0.3) is 0 Å². The summed E-state index contributed by atoms with van der Waals surface area (Å²) in [5.74, 6) is 0.0228. The number of hydrogen-bond donors (Lipinski definition) is 3. The highest BCUT2D eigenvalue weighted by atomic mass is 16.2. The van der Waals surface area contributed by atoms with E-state index >= 15 is 0 Å². The summed E-state index contributed by atoms with van der Waals surface area (Å²) < 4.78 is 0. The lowest BCUT2D eigenvalue weighted by Crippen LogP contribution is -2.43. The number of nitrogens with one attached hydrogen (secondary N) is 2. The van der Waals surface area contributed by atoms with E-state index in [9.17, 15) is 4.79 Å². The molecular formula is C11H24N2O2. The van der Waals surface area contributed by atoms with Crippen molar-refractivity contribution in [1.82, 2.24) is 10.6 Å². The highest BCUT2D eigenvalue weighted by Gasteiger charge is 2.19. The van der Waals surface area contributed by atoms with Gasteiger partial charge in [0.15, 0.2) is 0 Å². The number of aliphatic hydroxyl groups excluding tert-OH is 1. The fourth-order valence-electron chi connectivity index (χ4n) is 1.26. The van der Waals surface area contributed by atoms with Crippen LogP contribution in [0.5, 0.6) is 0 Å². The summed E-state index contributed by atoms with van der Waals surface area (Å²) in [5, 5.41) is 14.5. The zero-order valence-corrected chi connectivity index (χ0v) is 10.3. The average Bonchev–Trinajstić information content (AvgIpc) is 2.22. The van der Waals surface area contributed by atoms with Crippen LogP contribution in [-0.4, -0.2) is 37.3 Å². The van der Waals surface area contributed by atoms with E-state index in [4.69, 9.17) is 5.11 Å². The molecular weight excluding hydrogens is 192 g/mol. The van der Waals surface area contributed by atoms with Gasteiger partial charge >= 0.3 is 0 Å². The Kier molecular flexibility index (Phi) is 6.52. The number of hydrogen-bond acceptors (Lipinski definition) is 3. The Morgan fingerprint density at radius 3 is 2.53 bits per heavy atom. The van der Waals surface area contributed by atoms with Crippen molar-refractivity contribution < 1.29 is 9.90 Å².